The van der Waals surface area contributed by atoms with E-state index in [4.69, 9.17) is 11.1 Å². The number of nitrogens with one attached hydrogen (secondary N) is 1. The van der Waals surface area contributed by atoms with Crippen molar-refractivity contribution in [3.8, 4) is 0 Å². The Morgan fingerprint density at radius 1 is 1.19 bits per heavy atom. The quantitative estimate of drug-likeness (QED) is 0.840. The van der Waals surface area contributed by atoms with Crippen LogP contribution >= 0.6 is 24.8 Å². The van der Waals surface area contributed by atoms with Crippen molar-refractivity contribution in [3.63, 3.8) is 0 Å². The van der Waals surface area contributed by atoms with Crippen molar-refractivity contribution in [1.82, 2.24) is 9.21 Å². The first-order chi connectivity index (χ1) is 8.96. The monoisotopic (exact) mass is 354 g/mol. The summed E-state index contributed by atoms with van der Waals surface area (Å²) in [4.78, 5) is 1.83. The number of nitrogens with two attached hydrogens (primary N) is 1. The van der Waals surface area contributed by atoms with Gasteiger partial charge in [-0.25, -0.2) is 12.7 Å². The van der Waals surface area contributed by atoms with Gasteiger partial charge in [0.1, 0.15) is 0 Å². The molecule has 0 aromatic heterocycles. The van der Waals surface area contributed by atoms with Crippen molar-refractivity contribution in [1.29, 1.82) is 5.41 Å². The molecule has 0 aliphatic carbocycles. The maximum atomic E-state index is 12.4. The van der Waals surface area contributed by atoms with Gasteiger partial charge in [0, 0.05) is 13.6 Å². The van der Waals surface area contributed by atoms with Crippen LogP contribution in [0.2, 0.25) is 0 Å². The van der Waals surface area contributed by atoms with Gasteiger partial charge in [-0.1, -0.05) is 12.1 Å². The summed E-state index contributed by atoms with van der Waals surface area (Å²) in [6, 6.07) is 6.68. The second kappa shape index (κ2) is 7.84. The molecule has 1 aliphatic heterocycles. The Bertz CT molecular complexity index is 577. The summed E-state index contributed by atoms with van der Waals surface area (Å²) in [6.45, 7) is 1.40. The highest BCUT2D eigenvalue weighted by atomic mass is 35.5. The Kier molecular flexibility index (Phi) is 7.46. The lowest BCUT2D eigenvalue weighted by Crippen LogP contribution is -2.35. The molecule has 21 heavy (non-hydrogen) atoms. The molecule has 0 radical (unpaired) electrons. The fourth-order valence-electron chi connectivity index (χ4n) is 2.00. The lowest BCUT2D eigenvalue weighted by atomic mass is 10.2. The molecule has 0 unspecified atom stereocenters. The van der Waals surface area contributed by atoms with Crippen molar-refractivity contribution in [2.24, 2.45) is 5.73 Å². The Balaban J connectivity index is 0.00000200. The normalized spacial score (nSPS) is 14.7. The maximum absolute atomic E-state index is 12.4. The van der Waals surface area contributed by atoms with Crippen LogP contribution in [0.4, 0.5) is 0 Å². The highest BCUT2D eigenvalue weighted by Gasteiger charge is 2.33. The van der Waals surface area contributed by atoms with Crippen LogP contribution in [0.25, 0.3) is 0 Å². The number of benzene rings is 1. The van der Waals surface area contributed by atoms with Gasteiger partial charge < -0.3 is 10.6 Å². The van der Waals surface area contributed by atoms with Crippen LogP contribution < -0.4 is 5.73 Å². The Hall–Kier alpha value is -1.02. The topological polar surface area (TPSA) is 90.5 Å². The minimum Gasteiger partial charge on any atom is -0.343 e. The average molecular weight is 355 g/mol. The second-order valence-electron chi connectivity index (χ2n) is 4.50. The van der Waals surface area contributed by atoms with Gasteiger partial charge in [0.2, 0.25) is 5.96 Å². The van der Waals surface area contributed by atoms with Crippen molar-refractivity contribution in [2.75, 3.05) is 26.7 Å². The number of rotatable bonds is 4. The Morgan fingerprint density at radius 2 is 1.76 bits per heavy atom. The molecule has 1 aromatic rings. The van der Waals surface area contributed by atoms with Gasteiger partial charge in [0.25, 0.3) is 10.0 Å². The van der Waals surface area contributed by atoms with E-state index >= 15 is 0 Å². The van der Waals surface area contributed by atoms with E-state index in [0.29, 0.717) is 19.6 Å². The molecule has 3 N–H and O–H groups in total. The van der Waals surface area contributed by atoms with E-state index in [-0.39, 0.29) is 35.7 Å². The van der Waals surface area contributed by atoms with Crippen LogP contribution in [-0.4, -0.2) is 50.3 Å². The fraction of sp³-hybridized carbons (Fsp3) is 0.417. The molecule has 0 atom stereocenters. The van der Waals surface area contributed by atoms with Crippen molar-refractivity contribution in [3.05, 3.63) is 29.8 Å². The van der Waals surface area contributed by atoms with Gasteiger partial charge >= 0.3 is 0 Å². The van der Waals surface area contributed by atoms with Crippen LogP contribution in [0.15, 0.2) is 29.2 Å². The van der Waals surface area contributed by atoms with E-state index in [2.05, 4.69) is 0 Å². The van der Waals surface area contributed by atoms with E-state index in [0.717, 1.165) is 16.3 Å². The third-order valence-corrected chi connectivity index (χ3v) is 4.98. The first-order valence-electron chi connectivity index (χ1n) is 6.08. The highest BCUT2D eigenvalue weighted by molar-refractivity contribution is 7.89. The second-order valence-corrected chi connectivity index (χ2v) is 6.37. The number of guanidine groups is 1. The van der Waals surface area contributed by atoms with Gasteiger partial charge in [-0.3, -0.25) is 5.41 Å². The SMILES string of the molecule is CN1CCN(S(=O)(=O)c2ccc(CCN)cc2)C1=N.Cl.Cl. The highest BCUT2D eigenvalue weighted by Crippen LogP contribution is 2.20. The Labute approximate surface area is 137 Å². The third-order valence-electron chi connectivity index (χ3n) is 3.18. The maximum Gasteiger partial charge on any atom is 0.266 e. The number of nitrogens with zero attached hydrogens (tertiary/aromatic N) is 2. The van der Waals surface area contributed by atoms with E-state index in [9.17, 15) is 8.42 Å². The van der Waals surface area contributed by atoms with Gasteiger partial charge in [-0.05, 0) is 30.7 Å². The predicted molar refractivity (Wildman–Crippen MR) is 87.9 cm³/mol. The standard InChI is InChI=1S/C12H18N4O2S.2ClH/c1-15-8-9-16(12(15)14)19(17,18)11-4-2-10(3-5-11)6-7-13;;/h2-5,14H,6-9,13H2,1H3;2*1H. The number of sulfonamides is 1. The van der Waals surface area contributed by atoms with Gasteiger partial charge in [0.15, 0.2) is 0 Å². The summed E-state index contributed by atoms with van der Waals surface area (Å²) in [5, 5.41) is 7.78. The third kappa shape index (κ3) is 4.00. The number of hydrogen-bond acceptors (Lipinski definition) is 4. The molecule has 0 spiro atoms. The molecule has 0 bridgehead atoms. The molecule has 1 fully saturated rings. The molecule has 1 aromatic carbocycles. The van der Waals surface area contributed by atoms with E-state index in [1.54, 1.807) is 36.2 Å². The fourth-order valence-corrected chi connectivity index (χ4v) is 3.42. The molecular formula is C12H20Cl2N4O2S. The minimum absolute atomic E-state index is 0. The van der Waals surface area contributed by atoms with Gasteiger partial charge in [0.05, 0.1) is 11.4 Å². The summed E-state index contributed by atoms with van der Waals surface area (Å²) in [5.74, 6) is 0.0195. The Morgan fingerprint density at radius 3 is 2.19 bits per heavy atom. The molecule has 6 nitrogen and oxygen atoms in total. The molecule has 2 rings (SSSR count). The summed E-state index contributed by atoms with van der Waals surface area (Å²) >= 11 is 0. The predicted octanol–water partition coefficient (Wildman–Crippen LogP) is 0.902. The van der Waals surface area contributed by atoms with Crippen LogP contribution in [0.5, 0.6) is 0 Å². The van der Waals surface area contributed by atoms with Crippen molar-refractivity contribution < 1.29 is 8.42 Å². The molecule has 0 saturated carbocycles. The van der Waals surface area contributed by atoms with E-state index < -0.39 is 10.0 Å². The molecule has 1 saturated heterocycles. The van der Waals surface area contributed by atoms with Crippen molar-refractivity contribution >= 4 is 40.8 Å². The van der Waals surface area contributed by atoms with Crippen molar-refractivity contribution in [2.45, 2.75) is 11.3 Å². The summed E-state index contributed by atoms with van der Waals surface area (Å²) in [6.07, 6.45) is 0.725. The molecule has 0 amide bonds. The van der Waals surface area contributed by atoms with Gasteiger partial charge in [-0.15, -0.1) is 24.8 Å². The van der Waals surface area contributed by atoms with E-state index in [1.165, 1.54) is 0 Å². The molecule has 120 valence electrons. The van der Waals surface area contributed by atoms with Crippen LogP contribution in [0.3, 0.4) is 0 Å². The average Bonchev–Trinajstić information content (AvgIpc) is 2.72. The number of halogens is 2. The lowest BCUT2D eigenvalue weighted by molar-refractivity contribution is 0.538. The summed E-state index contributed by atoms with van der Waals surface area (Å²) in [5.41, 5.74) is 6.47. The number of likely N-dealkylation sites (N-methyl/N-ethyl adjacent to an activating group) is 1. The molecule has 1 aliphatic rings. The van der Waals surface area contributed by atoms with Gasteiger partial charge in [-0.2, -0.15) is 0 Å². The molecule has 1 heterocycles. The largest absolute Gasteiger partial charge is 0.343 e. The summed E-state index contributed by atoms with van der Waals surface area (Å²) in [7, 11) is -1.91. The first-order valence-corrected chi connectivity index (χ1v) is 7.52. The zero-order valence-electron chi connectivity index (χ0n) is 11.7. The lowest BCUT2D eigenvalue weighted by Gasteiger charge is -2.19. The zero-order chi connectivity index (χ0) is 14.0. The molecule has 9 heteroatoms. The van der Waals surface area contributed by atoms with Crippen LogP contribution in [-0.2, 0) is 16.4 Å². The summed E-state index contributed by atoms with van der Waals surface area (Å²) < 4.78 is 25.9. The first kappa shape index (κ1) is 20.0. The minimum atomic E-state index is -3.62. The number of hydrogen-bond donors (Lipinski definition) is 2. The van der Waals surface area contributed by atoms with E-state index in [1.807, 2.05) is 0 Å². The van der Waals surface area contributed by atoms with Crippen LogP contribution in [0.1, 0.15) is 5.56 Å². The zero-order valence-corrected chi connectivity index (χ0v) is 14.1. The van der Waals surface area contributed by atoms with Crippen LogP contribution in [0, 0.1) is 5.41 Å². The molecular weight excluding hydrogens is 335 g/mol. The smallest absolute Gasteiger partial charge is 0.266 e.